The number of anilines is 2. The van der Waals surface area contributed by atoms with E-state index in [1.807, 2.05) is 12.1 Å². The molecule has 0 radical (unpaired) electrons. The molecule has 0 aliphatic carbocycles. The third kappa shape index (κ3) is 2.96. The fourth-order valence-electron chi connectivity index (χ4n) is 1.32. The maximum absolute atomic E-state index is 8.73. The van der Waals surface area contributed by atoms with E-state index in [1.54, 1.807) is 30.6 Å². The first-order chi connectivity index (χ1) is 8.19. The number of hydrogen-bond acceptors (Lipinski definition) is 3. The summed E-state index contributed by atoms with van der Waals surface area (Å²) < 4.78 is 0.882. The molecule has 0 amide bonds. The Morgan fingerprint density at radius 2 is 2.12 bits per heavy atom. The molecular formula is C12H7BrClN3. The molecule has 5 heteroatoms. The van der Waals surface area contributed by atoms with Gasteiger partial charge in [0.25, 0.3) is 0 Å². The minimum Gasteiger partial charge on any atom is -0.353 e. The summed E-state index contributed by atoms with van der Waals surface area (Å²) >= 11 is 9.39. The van der Waals surface area contributed by atoms with Gasteiger partial charge in [-0.1, -0.05) is 11.6 Å². The van der Waals surface area contributed by atoms with E-state index in [4.69, 9.17) is 16.9 Å². The smallest absolute Gasteiger partial charge is 0.0992 e. The van der Waals surface area contributed by atoms with Gasteiger partial charge in [-0.25, -0.2) is 0 Å². The van der Waals surface area contributed by atoms with Crippen LogP contribution >= 0.6 is 27.5 Å². The molecule has 17 heavy (non-hydrogen) atoms. The molecule has 0 atom stereocenters. The highest BCUT2D eigenvalue weighted by Crippen LogP contribution is 2.26. The normalized spacial score (nSPS) is 9.71. The van der Waals surface area contributed by atoms with E-state index < -0.39 is 0 Å². The van der Waals surface area contributed by atoms with Gasteiger partial charge in [-0.3, -0.25) is 4.98 Å². The van der Waals surface area contributed by atoms with Gasteiger partial charge in [0.05, 0.1) is 34.2 Å². The van der Waals surface area contributed by atoms with Crippen molar-refractivity contribution in [1.82, 2.24) is 4.98 Å². The lowest BCUT2D eigenvalue weighted by Crippen LogP contribution is -1.92. The van der Waals surface area contributed by atoms with Gasteiger partial charge in [0.15, 0.2) is 0 Å². The van der Waals surface area contributed by atoms with Crippen LogP contribution < -0.4 is 5.32 Å². The molecule has 3 nitrogen and oxygen atoms in total. The molecule has 0 saturated heterocycles. The van der Waals surface area contributed by atoms with Crippen molar-refractivity contribution in [2.75, 3.05) is 5.32 Å². The molecule has 0 saturated carbocycles. The van der Waals surface area contributed by atoms with Crippen LogP contribution in [0.15, 0.2) is 41.1 Å². The van der Waals surface area contributed by atoms with Crippen molar-refractivity contribution in [3.05, 3.63) is 51.7 Å². The minimum absolute atomic E-state index is 0.504. The predicted molar refractivity (Wildman–Crippen MR) is 71.4 cm³/mol. The van der Waals surface area contributed by atoms with Gasteiger partial charge in [-0.05, 0) is 40.2 Å². The van der Waals surface area contributed by atoms with Crippen molar-refractivity contribution in [2.24, 2.45) is 0 Å². The average Bonchev–Trinajstić information content (AvgIpc) is 2.32. The van der Waals surface area contributed by atoms with E-state index >= 15 is 0 Å². The zero-order valence-corrected chi connectivity index (χ0v) is 11.0. The number of hydrogen-bond donors (Lipinski definition) is 1. The predicted octanol–water partition coefficient (Wildman–Crippen LogP) is 4.11. The van der Waals surface area contributed by atoms with E-state index in [9.17, 15) is 0 Å². The number of nitrogens with zero attached hydrogens (tertiary/aromatic N) is 2. The van der Waals surface area contributed by atoms with Crippen molar-refractivity contribution < 1.29 is 0 Å². The van der Waals surface area contributed by atoms with Crippen LogP contribution in [0.3, 0.4) is 0 Å². The highest BCUT2D eigenvalue weighted by Gasteiger charge is 2.02. The second kappa shape index (κ2) is 5.17. The molecule has 2 rings (SSSR count). The van der Waals surface area contributed by atoms with Gasteiger partial charge >= 0.3 is 0 Å². The van der Waals surface area contributed by atoms with Gasteiger partial charge in [-0.15, -0.1) is 0 Å². The maximum atomic E-state index is 8.73. The summed E-state index contributed by atoms with van der Waals surface area (Å²) in [6.45, 7) is 0. The number of nitriles is 1. The second-order valence-electron chi connectivity index (χ2n) is 3.32. The van der Waals surface area contributed by atoms with Gasteiger partial charge < -0.3 is 5.32 Å². The molecule has 1 N–H and O–H groups in total. The Morgan fingerprint density at radius 1 is 1.29 bits per heavy atom. The molecule has 0 aliphatic heterocycles. The maximum Gasteiger partial charge on any atom is 0.0992 e. The van der Waals surface area contributed by atoms with Crippen LogP contribution in [-0.2, 0) is 0 Å². The molecule has 84 valence electrons. The highest BCUT2D eigenvalue weighted by atomic mass is 79.9. The summed E-state index contributed by atoms with van der Waals surface area (Å²) in [6.07, 6.45) is 3.39. The highest BCUT2D eigenvalue weighted by molar-refractivity contribution is 9.10. The van der Waals surface area contributed by atoms with Crippen molar-refractivity contribution in [1.29, 1.82) is 5.26 Å². The molecule has 0 fully saturated rings. The number of pyridine rings is 1. The topological polar surface area (TPSA) is 48.7 Å². The van der Waals surface area contributed by atoms with Crippen LogP contribution in [-0.4, -0.2) is 4.98 Å². The zero-order chi connectivity index (χ0) is 12.3. The SMILES string of the molecule is N#Cc1ccc(Nc2cncc(Br)c2)c(Cl)c1. The fraction of sp³-hybridized carbons (Fsp3) is 0. The lowest BCUT2D eigenvalue weighted by atomic mass is 10.2. The van der Waals surface area contributed by atoms with Crippen LogP contribution in [0.5, 0.6) is 0 Å². The lowest BCUT2D eigenvalue weighted by molar-refractivity contribution is 1.30. The Hall–Kier alpha value is -1.57. The zero-order valence-electron chi connectivity index (χ0n) is 8.61. The van der Waals surface area contributed by atoms with Crippen LogP contribution in [0.1, 0.15) is 5.56 Å². The van der Waals surface area contributed by atoms with E-state index in [0.717, 1.165) is 15.8 Å². The van der Waals surface area contributed by atoms with Crippen LogP contribution in [0.4, 0.5) is 11.4 Å². The standard InChI is InChI=1S/C12H7BrClN3/c13-9-4-10(7-16-6-9)17-12-2-1-8(5-15)3-11(12)14/h1-4,6-7,17H. The Morgan fingerprint density at radius 3 is 2.76 bits per heavy atom. The van der Waals surface area contributed by atoms with Gasteiger partial charge in [0.2, 0.25) is 0 Å². The summed E-state index contributed by atoms with van der Waals surface area (Å²) in [5, 5.41) is 12.4. The molecule has 0 spiro atoms. The number of nitrogens with one attached hydrogen (secondary N) is 1. The first-order valence-electron chi connectivity index (χ1n) is 4.76. The average molecular weight is 309 g/mol. The van der Waals surface area contributed by atoms with Crippen molar-refractivity contribution in [3.63, 3.8) is 0 Å². The number of rotatable bonds is 2. The van der Waals surface area contributed by atoms with E-state index in [-0.39, 0.29) is 0 Å². The van der Waals surface area contributed by atoms with Gasteiger partial charge in [0.1, 0.15) is 0 Å². The van der Waals surface area contributed by atoms with E-state index in [0.29, 0.717) is 10.6 Å². The Balaban J connectivity index is 2.28. The second-order valence-corrected chi connectivity index (χ2v) is 4.65. The molecule has 1 aromatic heterocycles. The van der Waals surface area contributed by atoms with Crippen LogP contribution in [0.25, 0.3) is 0 Å². The Kier molecular flexibility index (Phi) is 3.62. The quantitative estimate of drug-likeness (QED) is 0.908. The monoisotopic (exact) mass is 307 g/mol. The number of benzene rings is 1. The van der Waals surface area contributed by atoms with Crippen LogP contribution in [0.2, 0.25) is 5.02 Å². The number of halogens is 2. The Bertz CT molecular complexity index is 593. The van der Waals surface area contributed by atoms with E-state index in [2.05, 4.69) is 26.2 Å². The molecule has 1 aromatic carbocycles. The summed E-state index contributed by atoms with van der Waals surface area (Å²) in [6, 6.07) is 9.02. The van der Waals surface area contributed by atoms with Gasteiger partial charge in [-0.2, -0.15) is 5.26 Å². The third-order valence-corrected chi connectivity index (χ3v) is 2.83. The van der Waals surface area contributed by atoms with Crippen LogP contribution in [0, 0.1) is 11.3 Å². The third-order valence-electron chi connectivity index (χ3n) is 2.08. The summed E-state index contributed by atoms with van der Waals surface area (Å²) in [4.78, 5) is 4.04. The fourth-order valence-corrected chi connectivity index (χ4v) is 1.91. The summed E-state index contributed by atoms with van der Waals surface area (Å²) in [5.41, 5.74) is 2.10. The first kappa shape index (κ1) is 11.9. The summed E-state index contributed by atoms with van der Waals surface area (Å²) in [7, 11) is 0. The summed E-state index contributed by atoms with van der Waals surface area (Å²) in [5.74, 6) is 0. The molecule has 2 aromatic rings. The molecule has 0 unspecified atom stereocenters. The molecular weight excluding hydrogens is 302 g/mol. The minimum atomic E-state index is 0.504. The van der Waals surface area contributed by atoms with Crippen molar-refractivity contribution in [3.8, 4) is 6.07 Å². The molecule has 0 aliphatic rings. The largest absolute Gasteiger partial charge is 0.353 e. The molecule has 1 heterocycles. The van der Waals surface area contributed by atoms with Crippen molar-refractivity contribution >= 4 is 38.9 Å². The van der Waals surface area contributed by atoms with E-state index in [1.165, 1.54) is 0 Å². The molecule has 0 bridgehead atoms. The Labute approximate surface area is 112 Å². The lowest BCUT2D eigenvalue weighted by Gasteiger charge is -2.08. The first-order valence-corrected chi connectivity index (χ1v) is 5.93. The van der Waals surface area contributed by atoms with Crippen molar-refractivity contribution in [2.45, 2.75) is 0 Å². The van der Waals surface area contributed by atoms with Gasteiger partial charge in [0, 0.05) is 10.7 Å². The number of aromatic nitrogens is 1.